The molecule has 2 aromatic carbocycles. The third kappa shape index (κ3) is 3.55. The van der Waals surface area contributed by atoms with Crippen molar-refractivity contribution in [3.8, 4) is 11.5 Å². The highest BCUT2D eigenvalue weighted by Crippen LogP contribution is 2.32. The van der Waals surface area contributed by atoms with Crippen molar-refractivity contribution in [2.45, 2.75) is 0 Å². The molecule has 0 saturated carbocycles. The molecule has 0 bridgehead atoms. The van der Waals surface area contributed by atoms with Gasteiger partial charge in [-0.05, 0) is 24.3 Å². The van der Waals surface area contributed by atoms with Gasteiger partial charge in [-0.2, -0.15) is 0 Å². The first-order valence-electron chi connectivity index (χ1n) is 8.91. The number of amides is 1. The predicted molar refractivity (Wildman–Crippen MR) is 104 cm³/mol. The van der Waals surface area contributed by atoms with Crippen LogP contribution in [0.5, 0.6) is 11.5 Å². The number of rotatable bonds is 3. The van der Waals surface area contributed by atoms with Crippen molar-refractivity contribution in [2.24, 2.45) is 0 Å². The first-order chi connectivity index (χ1) is 13.5. The molecule has 2 aliphatic rings. The maximum absolute atomic E-state index is 12.8. The molecule has 0 atom stereocenters. The number of nitro benzene ring substituents is 1. The van der Waals surface area contributed by atoms with Crippen molar-refractivity contribution in [1.29, 1.82) is 0 Å². The zero-order chi connectivity index (χ0) is 19.7. The Balaban J connectivity index is 1.43. The highest BCUT2D eigenvalue weighted by atomic mass is 35.5. The summed E-state index contributed by atoms with van der Waals surface area (Å²) in [5, 5.41) is 11.2. The molecule has 2 heterocycles. The fourth-order valence-corrected chi connectivity index (χ4v) is 3.67. The number of non-ortho nitro benzene ring substituents is 1. The number of hydrogen-bond acceptors (Lipinski definition) is 6. The van der Waals surface area contributed by atoms with E-state index in [9.17, 15) is 14.9 Å². The number of hydrogen-bond donors (Lipinski definition) is 0. The van der Waals surface area contributed by atoms with Crippen molar-refractivity contribution in [2.75, 3.05) is 44.3 Å². The van der Waals surface area contributed by atoms with E-state index in [4.69, 9.17) is 21.1 Å². The van der Waals surface area contributed by atoms with Crippen molar-refractivity contribution in [3.63, 3.8) is 0 Å². The molecule has 8 nitrogen and oxygen atoms in total. The third-order valence-electron chi connectivity index (χ3n) is 4.84. The van der Waals surface area contributed by atoms with Crippen LogP contribution < -0.4 is 14.4 Å². The van der Waals surface area contributed by atoms with E-state index < -0.39 is 4.92 Å². The molecule has 2 aliphatic heterocycles. The zero-order valence-electron chi connectivity index (χ0n) is 15.0. The van der Waals surface area contributed by atoms with Gasteiger partial charge in [0.2, 0.25) is 0 Å². The maximum Gasteiger partial charge on any atom is 0.271 e. The normalized spacial score (nSPS) is 16.0. The molecule has 1 saturated heterocycles. The predicted octanol–water partition coefficient (Wildman–Crippen LogP) is 2.98. The van der Waals surface area contributed by atoms with Gasteiger partial charge in [-0.1, -0.05) is 11.6 Å². The van der Waals surface area contributed by atoms with Gasteiger partial charge in [0.25, 0.3) is 11.6 Å². The summed E-state index contributed by atoms with van der Waals surface area (Å²) in [6, 6.07) is 9.66. The van der Waals surface area contributed by atoms with Gasteiger partial charge >= 0.3 is 0 Å². The summed E-state index contributed by atoms with van der Waals surface area (Å²) in [6.07, 6.45) is 0. The Morgan fingerprint density at radius 3 is 2.39 bits per heavy atom. The summed E-state index contributed by atoms with van der Waals surface area (Å²) < 4.78 is 11.0. The number of carbonyl (C=O) groups is 1. The van der Waals surface area contributed by atoms with Crippen molar-refractivity contribution in [1.82, 2.24) is 4.90 Å². The standard InChI is InChI=1S/C19H18ClN3O5/c20-15-12-14(23(25)26)2-3-16(15)21-5-7-22(8-6-21)19(24)13-1-4-17-18(11-13)28-10-9-27-17/h1-4,11-12H,5-10H2. The lowest BCUT2D eigenvalue weighted by Crippen LogP contribution is -2.48. The van der Waals surface area contributed by atoms with Crippen molar-refractivity contribution >= 4 is 28.9 Å². The number of fused-ring (bicyclic) bond motifs is 1. The van der Waals surface area contributed by atoms with Crippen LogP contribution in [0.2, 0.25) is 5.02 Å². The second-order valence-electron chi connectivity index (χ2n) is 6.53. The molecule has 0 unspecified atom stereocenters. The number of ether oxygens (including phenoxy) is 2. The van der Waals surface area contributed by atoms with E-state index in [-0.39, 0.29) is 11.6 Å². The molecule has 146 valence electrons. The van der Waals surface area contributed by atoms with Crippen molar-refractivity contribution in [3.05, 3.63) is 57.1 Å². The first kappa shape index (κ1) is 18.4. The molecular weight excluding hydrogens is 386 g/mol. The smallest absolute Gasteiger partial charge is 0.271 e. The fraction of sp³-hybridized carbons (Fsp3) is 0.316. The molecule has 0 radical (unpaired) electrons. The van der Waals surface area contributed by atoms with E-state index in [1.54, 1.807) is 29.2 Å². The van der Waals surface area contributed by atoms with Crippen LogP contribution in [0.15, 0.2) is 36.4 Å². The number of benzene rings is 2. The number of anilines is 1. The molecule has 0 aromatic heterocycles. The number of nitrogens with zero attached hydrogens (tertiary/aromatic N) is 3. The summed E-state index contributed by atoms with van der Waals surface area (Å²) >= 11 is 6.22. The minimum Gasteiger partial charge on any atom is -0.486 e. The molecule has 4 rings (SSSR count). The highest BCUT2D eigenvalue weighted by molar-refractivity contribution is 6.33. The van der Waals surface area contributed by atoms with Crippen LogP contribution in [-0.2, 0) is 0 Å². The van der Waals surface area contributed by atoms with Crippen LogP contribution in [0.25, 0.3) is 0 Å². The van der Waals surface area contributed by atoms with Gasteiger partial charge in [0.1, 0.15) is 13.2 Å². The number of nitro groups is 1. The third-order valence-corrected chi connectivity index (χ3v) is 5.14. The van der Waals surface area contributed by atoms with E-state index in [1.165, 1.54) is 12.1 Å². The summed E-state index contributed by atoms with van der Waals surface area (Å²) in [6.45, 7) is 3.22. The average molecular weight is 404 g/mol. The van der Waals surface area contributed by atoms with Crippen LogP contribution in [0, 0.1) is 10.1 Å². The van der Waals surface area contributed by atoms with Gasteiger partial charge in [0.05, 0.1) is 15.6 Å². The van der Waals surface area contributed by atoms with Gasteiger partial charge in [0.15, 0.2) is 11.5 Å². The quantitative estimate of drug-likeness (QED) is 0.578. The van der Waals surface area contributed by atoms with Gasteiger partial charge in [-0.25, -0.2) is 0 Å². The summed E-state index contributed by atoms with van der Waals surface area (Å²) in [5.41, 5.74) is 1.26. The van der Waals surface area contributed by atoms with E-state index in [0.29, 0.717) is 61.5 Å². The Labute approximate surface area is 166 Å². The molecule has 1 amide bonds. The monoisotopic (exact) mass is 403 g/mol. The Morgan fingerprint density at radius 2 is 1.71 bits per heavy atom. The molecule has 9 heteroatoms. The summed E-state index contributed by atoms with van der Waals surface area (Å²) in [4.78, 5) is 27.0. The Kier molecular flexibility index (Phi) is 4.95. The van der Waals surface area contributed by atoms with Crippen LogP contribution in [0.4, 0.5) is 11.4 Å². The largest absolute Gasteiger partial charge is 0.486 e. The second-order valence-corrected chi connectivity index (χ2v) is 6.94. The van der Waals surface area contributed by atoms with E-state index in [1.807, 2.05) is 4.90 Å². The maximum atomic E-state index is 12.8. The van der Waals surface area contributed by atoms with E-state index in [2.05, 4.69) is 0 Å². The number of piperazine rings is 1. The molecule has 1 fully saturated rings. The average Bonchev–Trinajstić information content (AvgIpc) is 2.73. The first-order valence-corrected chi connectivity index (χ1v) is 9.28. The number of carbonyl (C=O) groups excluding carboxylic acids is 1. The van der Waals surface area contributed by atoms with Crippen molar-refractivity contribution < 1.29 is 19.2 Å². The molecule has 28 heavy (non-hydrogen) atoms. The van der Waals surface area contributed by atoms with Gasteiger partial charge in [-0.15, -0.1) is 0 Å². The Hall–Kier alpha value is -3.00. The van der Waals surface area contributed by atoms with E-state index in [0.717, 1.165) is 5.69 Å². The zero-order valence-corrected chi connectivity index (χ0v) is 15.7. The molecule has 0 N–H and O–H groups in total. The van der Waals surface area contributed by atoms with Gasteiger partial charge < -0.3 is 19.3 Å². The number of halogens is 1. The minimum atomic E-state index is -0.473. The topological polar surface area (TPSA) is 85.2 Å². The summed E-state index contributed by atoms with van der Waals surface area (Å²) in [5.74, 6) is 1.18. The molecule has 0 aliphatic carbocycles. The van der Waals surface area contributed by atoms with Crippen LogP contribution in [0.3, 0.4) is 0 Å². The minimum absolute atomic E-state index is 0.0406. The van der Waals surface area contributed by atoms with E-state index >= 15 is 0 Å². The SMILES string of the molecule is O=C(c1ccc2c(c1)OCCO2)N1CCN(c2ccc([N+](=O)[O-])cc2Cl)CC1. The summed E-state index contributed by atoms with van der Waals surface area (Å²) in [7, 11) is 0. The second kappa shape index (κ2) is 7.55. The lowest BCUT2D eigenvalue weighted by Gasteiger charge is -2.36. The lowest BCUT2D eigenvalue weighted by atomic mass is 10.1. The fourth-order valence-electron chi connectivity index (χ4n) is 3.38. The molecule has 0 spiro atoms. The van der Waals surface area contributed by atoms with Crippen LogP contribution in [-0.4, -0.2) is 55.1 Å². The Bertz CT molecular complexity index is 928. The van der Waals surface area contributed by atoms with Gasteiger partial charge in [0, 0.05) is 43.9 Å². The van der Waals surface area contributed by atoms with Crippen LogP contribution in [0.1, 0.15) is 10.4 Å². The Morgan fingerprint density at radius 1 is 1.00 bits per heavy atom. The van der Waals surface area contributed by atoms with Gasteiger partial charge in [-0.3, -0.25) is 14.9 Å². The molecule has 2 aromatic rings. The lowest BCUT2D eigenvalue weighted by molar-refractivity contribution is -0.384. The molecular formula is C19H18ClN3O5. The highest BCUT2D eigenvalue weighted by Gasteiger charge is 2.25. The van der Waals surface area contributed by atoms with Crippen LogP contribution >= 0.6 is 11.6 Å².